The zero-order valence-corrected chi connectivity index (χ0v) is 10.6. The van der Waals surface area contributed by atoms with Crippen LogP contribution in [-0.2, 0) is 31.9 Å². The highest BCUT2D eigenvalue weighted by Crippen LogP contribution is 2.17. The van der Waals surface area contributed by atoms with Gasteiger partial charge in [0.15, 0.2) is 0 Å². The second kappa shape index (κ2) is 6.30. The van der Waals surface area contributed by atoms with Crippen LogP contribution in [0.15, 0.2) is 23.1 Å². The summed E-state index contributed by atoms with van der Waals surface area (Å²) in [5.74, 6) is -0.696. The van der Waals surface area contributed by atoms with E-state index in [0.29, 0.717) is 0 Å². The molecule has 0 fully saturated rings. The molecule has 0 saturated heterocycles. The van der Waals surface area contributed by atoms with Gasteiger partial charge in [0, 0.05) is 4.90 Å². The predicted molar refractivity (Wildman–Crippen MR) is 65.1 cm³/mol. The van der Waals surface area contributed by atoms with Crippen molar-refractivity contribution in [2.45, 2.75) is 17.7 Å². The quantitative estimate of drug-likeness (QED) is 0.652. The molecule has 0 N–H and O–H groups in total. The summed E-state index contributed by atoms with van der Waals surface area (Å²) >= 11 is 4.20. The van der Waals surface area contributed by atoms with E-state index in [0.717, 1.165) is 16.0 Å². The summed E-state index contributed by atoms with van der Waals surface area (Å²) in [4.78, 5) is 23.2. The third-order valence-corrected chi connectivity index (χ3v) is 2.59. The lowest BCUT2D eigenvalue weighted by Gasteiger charge is -2.08. The van der Waals surface area contributed by atoms with E-state index in [1.165, 1.54) is 14.2 Å². The molecule has 0 saturated carbocycles. The Hall–Kier alpha value is -1.49. The summed E-state index contributed by atoms with van der Waals surface area (Å²) in [6, 6.07) is 5.28. The van der Waals surface area contributed by atoms with Gasteiger partial charge in [0.2, 0.25) is 0 Å². The third-order valence-electron chi connectivity index (χ3n) is 2.31. The number of thiol groups is 1. The minimum Gasteiger partial charge on any atom is -0.469 e. The van der Waals surface area contributed by atoms with Crippen molar-refractivity contribution < 1.29 is 19.1 Å². The lowest BCUT2D eigenvalue weighted by Crippen LogP contribution is -2.11. The van der Waals surface area contributed by atoms with E-state index < -0.39 is 0 Å². The number of hydrogen-bond acceptors (Lipinski definition) is 5. The van der Waals surface area contributed by atoms with Gasteiger partial charge in [-0.3, -0.25) is 9.59 Å². The van der Waals surface area contributed by atoms with Gasteiger partial charge < -0.3 is 9.47 Å². The first-order valence-corrected chi connectivity index (χ1v) is 5.46. The molecule has 1 aromatic rings. The highest BCUT2D eigenvalue weighted by atomic mass is 32.1. The molecular formula is C12H14O4S. The van der Waals surface area contributed by atoms with E-state index in [1.54, 1.807) is 18.2 Å². The predicted octanol–water partition coefficient (Wildman–Crippen LogP) is 1.41. The normalized spacial score (nSPS) is 9.82. The number of esters is 2. The number of ether oxygens (including phenoxy) is 2. The van der Waals surface area contributed by atoms with E-state index in [4.69, 9.17) is 0 Å². The van der Waals surface area contributed by atoms with Crippen LogP contribution in [-0.4, -0.2) is 26.2 Å². The van der Waals surface area contributed by atoms with Gasteiger partial charge in [-0.25, -0.2) is 0 Å². The van der Waals surface area contributed by atoms with Crippen molar-refractivity contribution in [3.05, 3.63) is 29.3 Å². The molecule has 0 aliphatic carbocycles. The van der Waals surface area contributed by atoms with E-state index in [1.807, 2.05) is 0 Å². The first-order valence-electron chi connectivity index (χ1n) is 5.01. The van der Waals surface area contributed by atoms with Crippen molar-refractivity contribution in [3.8, 4) is 0 Å². The Morgan fingerprint density at radius 3 is 2.12 bits per heavy atom. The maximum Gasteiger partial charge on any atom is 0.309 e. The Morgan fingerprint density at radius 2 is 1.59 bits per heavy atom. The largest absolute Gasteiger partial charge is 0.469 e. The molecule has 4 nitrogen and oxygen atoms in total. The minimum absolute atomic E-state index is 0.122. The highest BCUT2D eigenvalue weighted by Gasteiger charge is 2.12. The zero-order valence-electron chi connectivity index (χ0n) is 9.73. The summed E-state index contributed by atoms with van der Waals surface area (Å²) < 4.78 is 9.20. The van der Waals surface area contributed by atoms with E-state index in [2.05, 4.69) is 22.1 Å². The van der Waals surface area contributed by atoms with Crippen molar-refractivity contribution in [2.75, 3.05) is 14.2 Å². The molecule has 92 valence electrons. The van der Waals surface area contributed by atoms with Gasteiger partial charge >= 0.3 is 11.9 Å². The Bertz CT molecular complexity index is 429. The monoisotopic (exact) mass is 254 g/mol. The number of benzene rings is 1. The van der Waals surface area contributed by atoms with Crippen LogP contribution in [0.3, 0.4) is 0 Å². The molecule has 1 aromatic carbocycles. The molecule has 0 atom stereocenters. The first kappa shape index (κ1) is 13.6. The number of rotatable bonds is 4. The smallest absolute Gasteiger partial charge is 0.309 e. The fourth-order valence-corrected chi connectivity index (χ4v) is 1.64. The fraction of sp³-hybridized carbons (Fsp3) is 0.333. The summed E-state index contributed by atoms with van der Waals surface area (Å²) in [5, 5.41) is 0. The van der Waals surface area contributed by atoms with Crippen molar-refractivity contribution >= 4 is 24.6 Å². The maximum absolute atomic E-state index is 11.2. The maximum atomic E-state index is 11.2. The van der Waals surface area contributed by atoms with E-state index in [9.17, 15) is 9.59 Å². The van der Waals surface area contributed by atoms with Gasteiger partial charge in [0.1, 0.15) is 0 Å². The molecule has 0 spiro atoms. The lowest BCUT2D eigenvalue weighted by atomic mass is 10.0. The van der Waals surface area contributed by atoms with Crippen LogP contribution in [0.2, 0.25) is 0 Å². The second-order valence-electron chi connectivity index (χ2n) is 3.46. The van der Waals surface area contributed by atoms with Gasteiger partial charge in [0.05, 0.1) is 27.1 Å². The second-order valence-corrected chi connectivity index (χ2v) is 3.98. The van der Waals surface area contributed by atoms with Crippen molar-refractivity contribution in [1.82, 2.24) is 0 Å². The molecule has 0 bridgehead atoms. The number of carbonyl (C=O) groups is 2. The van der Waals surface area contributed by atoms with Gasteiger partial charge in [-0.1, -0.05) is 6.07 Å². The average Bonchev–Trinajstić information content (AvgIpc) is 2.32. The number of hydrogen-bond donors (Lipinski definition) is 1. The van der Waals surface area contributed by atoms with Crippen LogP contribution in [0.4, 0.5) is 0 Å². The van der Waals surface area contributed by atoms with Crippen LogP contribution >= 0.6 is 12.6 Å². The molecule has 0 radical (unpaired) electrons. The Morgan fingerprint density at radius 1 is 1.06 bits per heavy atom. The molecule has 0 aromatic heterocycles. The average molecular weight is 254 g/mol. The molecule has 17 heavy (non-hydrogen) atoms. The van der Waals surface area contributed by atoms with Crippen LogP contribution in [0.1, 0.15) is 11.1 Å². The van der Waals surface area contributed by atoms with Crippen LogP contribution in [0.5, 0.6) is 0 Å². The topological polar surface area (TPSA) is 52.6 Å². The van der Waals surface area contributed by atoms with Gasteiger partial charge in [-0.2, -0.15) is 0 Å². The van der Waals surface area contributed by atoms with Crippen LogP contribution in [0, 0.1) is 0 Å². The van der Waals surface area contributed by atoms with Gasteiger partial charge in [0.25, 0.3) is 0 Å². The SMILES string of the molecule is COC(=O)Cc1ccc(S)cc1CC(=O)OC. The van der Waals surface area contributed by atoms with E-state index >= 15 is 0 Å². The van der Waals surface area contributed by atoms with E-state index in [-0.39, 0.29) is 24.8 Å². The van der Waals surface area contributed by atoms with Crippen LogP contribution in [0.25, 0.3) is 0 Å². The molecule has 0 aliphatic rings. The number of methoxy groups -OCH3 is 2. The van der Waals surface area contributed by atoms with Gasteiger partial charge in [-0.15, -0.1) is 12.6 Å². The number of carbonyl (C=O) groups excluding carboxylic acids is 2. The lowest BCUT2D eigenvalue weighted by molar-refractivity contribution is -0.141. The zero-order chi connectivity index (χ0) is 12.8. The third kappa shape index (κ3) is 4.11. The molecule has 0 aliphatic heterocycles. The highest BCUT2D eigenvalue weighted by molar-refractivity contribution is 7.80. The van der Waals surface area contributed by atoms with Crippen molar-refractivity contribution in [1.29, 1.82) is 0 Å². The fourth-order valence-electron chi connectivity index (χ4n) is 1.40. The van der Waals surface area contributed by atoms with Crippen LogP contribution < -0.4 is 0 Å². The van der Waals surface area contributed by atoms with Crippen molar-refractivity contribution in [2.24, 2.45) is 0 Å². The Kier molecular flexibility index (Phi) is 5.03. The molecule has 0 heterocycles. The van der Waals surface area contributed by atoms with Crippen molar-refractivity contribution in [3.63, 3.8) is 0 Å². The summed E-state index contributed by atoms with van der Waals surface area (Å²) in [5.41, 5.74) is 1.48. The Balaban J connectivity index is 2.95. The molecule has 1 rings (SSSR count). The molecular weight excluding hydrogens is 240 g/mol. The summed E-state index contributed by atoms with van der Waals surface area (Å²) in [6.45, 7) is 0. The summed E-state index contributed by atoms with van der Waals surface area (Å²) in [6.07, 6.45) is 0.258. The molecule has 0 amide bonds. The molecule has 0 unspecified atom stereocenters. The van der Waals surface area contributed by atoms with Gasteiger partial charge in [-0.05, 0) is 23.3 Å². The molecule has 5 heteroatoms. The standard InChI is InChI=1S/C12H14O4S/c1-15-11(13)6-8-3-4-10(17)5-9(8)7-12(14)16-2/h3-5,17H,6-7H2,1-2H3. The Labute approximate surface area is 105 Å². The minimum atomic E-state index is -0.352. The first-order chi connectivity index (χ1) is 8.06. The summed E-state index contributed by atoms with van der Waals surface area (Å²) in [7, 11) is 2.65.